The molecule has 0 unspecified atom stereocenters. The minimum Gasteiger partial charge on any atom is -0.480 e. The molecule has 1 aromatic carbocycles. The van der Waals surface area contributed by atoms with Gasteiger partial charge in [-0.15, -0.1) is 0 Å². The van der Waals surface area contributed by atoms with E-state index in [2.05, 4.69) is 39.2 Å². The molecule has 12 heteroatoms. The summed E-state index contributed by atoms with van der Waals surface area (Å²) in [7, 11) is 1.57. The molecular weight excluding hydrogens is 538 g/mol. The second-order valence-electron chi connectivity index (χ2n) is 11.2. The second-order valence-corrected chi connectivity index (χ2v) is 11.2. The van der Waals surface area contributed by atoms with Gasteiger partial charge in [-0.2, -0.15) is 13.2 Å². The number of aryl methyl sites for hydroxylation is 1. The molecule has 0 spiro atoms. The minimum atomic E-state index is -4.62. The molecular formula is C29H33F4N7O. The standard InChI is InChI=1S/C29H33F4N7O/c1-5-39-14-23(29(31,32)33)37-26(39)20-9-6-18(12-21(20)30)13-40-16-28(2,3)15-34-11-10-22(38-40)24-25(19-7-8-19)35-17-36-27(24)41-4/h6,9-12,14,17,19,38H,5,7-8,13,15-16H2,1-4H3/b22-10-,34-11?. The molecule has 0 radical (unpaired) electrons. The quantitative estimate of drug-likeness (QED) is 0.358. The monoisotopic (exact) mass is 571 g/mol. The molecule has 3 aromatic rings. The van der Waals surface area contributed by atoms with Crippen LogP contribution in [0.3, 0.4) is 0 Å². The van der Waals surface area contributed by atoms with Gasteiger partial charge >= 0.3 is 6.18 Å². The molecule has 1 fully saturated rings. The molecule has 0 saturated heterocycles. The Labute approximate surface area is 236 Å². The zero-order chi connectivity index (χ0) is 29.4. The summed E-state index contributed by atoms with van der Waals surface area (Å²) in [4.78, 5) is 17.2. The zero-order valence-corrected chi connectivity index (χ0v) is 23.5. The van der Waals surface area contributed by atoms with Crippen LogP contribution in [-0.4, -0.2) is 50.9 Å². The van der Waals surface area contributed by atoms with Gasteiger partial charge in [-0.05, 0) is 49.0 Å². The number of methoxy groups -OCH3 is 1. The lowest BCUT2D eigenvalue weighted by atomic mass is 9.93. The first-order valence-electron chi connectivity index (χ1n) is 13.5. The number of halogens is 4. The molecule has 2 aromatic heterocycles. The Bertz CT molecular complexity index is 1470. The first-order chi connectivity index (χ1) is 19.5. The SMILES string of the molecule is CCn1cc(C(F)(F)F)nc1-c1ccc(CN2CC(C)(C)CN=C/C=C(/c3c(OC)ncnc3C3CC3)N2)cc1F. The van der Waals surface area contributed by atoms with Gasteiger partial charge in [0.1, 0.15) is 18.0 Å². The van der Waals surface area contributed by atoms with Crippen molar-refractivity contribution >= 4 is 11.9 Å². The molecule has 3 heterocycles. The molecule has 0 atom stereocenters. The summed E-state index contributed by atoms with van der Waals surface area (Å²) >= 11 is 0. The summed E-state index contributed by atoms with van der Waals surface area (Å²) in [6.07, 6.45) is 3.51. The van der Waals surface area contributed by atoms with E-state index in [1.54, 1.807) is 26.3 Å². The van der Waals surface area contributed by atoms with Crippen LogP contribution >= 0.6 is 0 Å². The molecule has 1 aliphatic heterocycles. The predicted molar refractivity (Wildman–Crippen MR) is 148 cm³/mol. The van der Waals surface area contributed by atoms with Gasteiger partial charge < -0.3 is 14.7 Å². The van der Waals surface area contributed by atoms with Gasteiger partial charge in [-0.3, -0.25) is 4.99 Å². The molecule has 218 valence electrons. The normalized spacial score (nSPS) is 19.1. The Morgan fingerprint density at radius 2 is 1.95 bits per heavy atom. The summed E-state index contributed by atoms with van der Waals surface area (Å²) in [5.74, 6) is 0.0760. The molecule has 1 N–H and O–H groups in total. The van der Waals surface area contributed by atoms with E-state index in [0.29, 0.717) is 42.7 Å². The first-order valence-corrected chi connectivity index (χ1v) is 13.5. The summed E-state index contributed by atoms with van der Waals surface area (Å²) in [5.41, 5.74) is 5.26. The highest BCUT2D eigenvalue weighted by Crippen LogP contribution is 2.43. The molecule has 5 rings (SSSR count). The number of nitrogens with zero attached hydrogens (tertiary/aromatic N) is 6. The van der Waals surface area contributed by atoms with Crippen LogP contribution in [0.5, 0.6) is 5.88 Å². The average Bonchev–Trinajstić information content (AvgIpc) is 3.65. The number of benzene rings is 1. The highest BCUT2D eigenvalue weighted by atomic mass is 19.4. The van der Waals surface area contributed by atoms with Gasteiger partial charge in [0.15, 0.2) is 5.69 Å². The van der Waals surface area contributed by atoms with Crippen molar-refractivity contribution in [2.24, 2.45) is 10.4 Å². The predicted octanol–water partition coefficient (Wildman–Crippen LogP) is 5.86. The van der Waals surface area contributed by atoms with Gasteiger partial charge in [-0.25, -0.2) is 24.4 Å². The maximum atomic E-state index is 15.4. The maximum Gasteiger partial charge on any atom is 0.434 e. The molecule has 41 heavy (non-hydrogen) atoms. The summed E-state index contributed by atoms with van der Waals surface area (Å²) < 4.78 is 62.2. The van der Waals surface area contributed by atoms with E-state index in [1.807, 2.05) is 11.1 Å². The molecule has 2 aliphatic rings. The van der Waals surface area contributed by atoms with Crippen LogP contribution in [0.25, 0.3) is 17.1 Å². The number of aliphatic imine (C=N–C) groups is 1. The van der Waals surface area contributed by atoms with Crippen LogP contribution in [0.1, 0.15) is 62.0 Å². The molecule has 8 nitrogen and oxygen atoms in total. The largest absolute Gasteiger partial charge is 0.480 e. The van der Waals surface area contributed by atoms with E-state index in [9.17, 15) is 13.2 Å². The van der Waals surface area contributed by atoms with Gasteiger partial charge in [0.05, 0.1) is 29.6 Å². The summed E-state index contributed by atoms with van der Waals surface area (Å²) in [6, 6.07) is 4.55. The number of imidazole rings is 1. The number of allylic oxidation sites excluding steroid dienone is 1. The summed E-state index contributed by atoms with van der Waals surface area (Å²) in [6.45, 7) is 7.54. The molecule has 0 amide bonds. The lowest BCUT2D eigenvalue weighted by molar-refractivity contribution is -0.140. The Morgan fingerprint density at radius 3 is 2.61 bits per heavy atom. The number of alkyl halides is 3. The zero-order valence-electron chi connectivity index (χ0n) is 23.5. The van der Waals surface area contributed by atoms with Crippen LogP contribution in [0.2, 0.25) is 0 Å². The highest BCUT2D eigenvalue weighted by Gasteiger charge is 2.35. The topological polar surface area (TPSA) is 80.5 Å². The Hall–Kier alpha value is -3.80. The van der Waals surface area contributed by atoms with Crippen LogP contribution in [-0.2, 0) is 19.3 Å². The number of ether oxygens (including phenoxy) is 1. The lowest BCUT2D eigenvalue weighted by Crippen LogP contribution is -2.43. The van der Waals surface area contributed by atoms with Crippen molar-refractivity contribution in [1.82, 2.24) is 30.0 Å². The van der Waals surface area contributed by atoms with Crippen LogP contribution in [0.4, 0.5) is 17.6 Å². The van der Waals surface area contributed by atoms with E-state index in [-0.39, 0.29) is 23.3 Å². The van der Waals surface area contributed by atoms with Crippen LogP contribution < -0.4 is 10.2 Å². The third-order valence-corrected chi connectivity index (χ3v) is 7.09. The fourth-order valence-electron chi connectivity index (χ4n) is 5.00. The fourth-order valence-corrected chi connectivity index (χ4v) is 5.00. The number of rotatable bonds is 7. The van der Waals surface area contributed by atoms with Crippen molar-refractivity contribution in [3.63, 3.8) is 0 Å². The van der Waals surface area contributed by atoms with Gasteiger partial charge in [0.2, 0.25) is 5.88 Å². The summed E-state index contributed by atoms with van der Waals surface area (Å²) in [5, 5.41) is 1.98. The average molecular weight is 572 g/mol. The van der Waals surface area contributed by atoms with Crippen molar-refractivity contribution < 1.29 is 22.3 Å². The van der Waals surface area contributed by atoms with E-state index in [4.69, 9.17) is 4.74 Å². The third-order valence-electron chi connectivity index (χ3n) is 7.09. The maximum absolute atomic E-state index is 15.4. The van der Waals surface area contributed by atoms with E-state index in [1.165, 1.54) is 23.0 Å². The van der Waals surface area contributed by atoms with Gasteiger partial charge in [0, 0.05) is 44.5 Å². The van der Waals surface area contributed by atoms with E-state index in [0.717, 1.165) is 30.3 Å². The van der Waals surface area contributed by atoms with Crippen LogP contribution in [0, 0.1) is 11.2 Å². The van der Waals surface area contributed by atoms with Gasteiger partial charge in [0.25, 0.3) is 0 Å². The van der Waals surface area contributed by atoms with Crippen molar-refractivity contribution in [2.45, 2.75) is 58.8 Å². The fraction of sp³-hybridized carbons (Fsp3) is 0.448. The second kappa shape index (κ2) is 11.2. The Morgan fingerprint density at radius 1 is 1.17 bits per heavy atom. The molecule has 1 aliphatic carbocycles. The van der Waals surface area contributed by atoms with E-state index < -0.39 is 17.7 Å². The molecule has 0 bridgehead atoms. The first kappa shape index (κ1) is 28.7. The van der Waals surface area contributed by atoms with Crippen molar-refractivity contribution in [3.8, 4) is 17.3 Å². The Balaban J connectivity index is 1.46. The Kier molecular flexibility index (Phi) is 7.87. The van der Waals surface area contributed by atoms with Crippen LogP contribution in [0.15, 0.2) is 41.8 Å². The highest BCUT2D eigenvalue weighted by molar-refractivity contribution is 5.85. The number of aromatic nitrogens is 4. The van der Waals surface area contributed by atoms with E-state index >= 15 is 4.39 Å². The minimum absolute atomic E-state index is 0.0121. The number of hydrogen-bond acceptors (Lipinski definition) is 7. The van der Waals surface area contributed by atoms with Crippen molar-refractivity contribution in [1.29, 1.82) is 0 Å². The van der Waals surface area contributed by atoms with Crippen molar-refractivity contribution in [2.75, 3.05) is 20.2 Å². The third kappa shape index (κ3) is 6.42. The molecule has 1 saturated carbocycles. The van der Waals surface area contributed by atoms with Gasteiger partial charge in [-0.1, -0.05) is 19.9 Å². The smallest absolute Gasteiger partial charge is 0.434 e. The number of nitrogens with one attached hydrogen (secondary N) is 1. The number of hydrogen-bond donors (Lipinski definition) is 1. The lowest BCUT2D eigenvalue weighted by Gasteiger charge is -2.33. The number of hydrazine groups is 1. The van der Waals surface area contributed by atoms with Crippen molar-refractivity contribution in [3.05, 3.63) is 65.1 Å².